The summed E-state index contributed by atoms with van der Waals surface area (Å²) in [5.41, 5.74) is 0.663. The predicted molar refractivity (Wildman–Crippen MR) is 119 cm³/mol. The molecule has 0 aliphatic rings. The maximum absolute atomic E-state index is 13.6. The van der Waals surface area contributed by atoms with Gasteiger partial charge in [-0.25, -0.2) is 9.37 Å². The highest BCUT2D eigenvalue weighted by atomic mass is 19.1. The van der Waals surface area contributed by atoms with Crippen LogP contribution in [-0.2, 0) is 11.4 Å². The van der Waals surface area contributed by atoms with E-state index in [9.17, 15) is 14.0 Å². The Bertz CT molecular complexity index is 1350. The van der Waals surface area contributed by atoms with Crippen LogP contribution in [0, 0.1) is 5.82 Å². The van der Waals surface area contributed by atoms with Crippen molar-refractivity contribution in [2.45, 2.75) is 26.5 Å². The zero-order valence-electron chi connectivity index (χ0n) is 18.1. The molecule has 0 fully saturated rings. The lowest BCUT2D eigenvalue weighted by Crippen LogP contribution is -2.23. The van der Waals surface area contributed by atoms with E-state index in [1.807, 2.05) is 13.8 Å². The first-order valence-corrected chi connectivity index (χ1v) is 10.3. The number of rotatable bonds is 8. The second-order valence-electron chi connectivity index (χ2n) is 7.50. The van der Waals surface area contributed by atoms with Gasteiger partial charge in [0.1, 0.15) is 18.7 Å². The van der Waals surface area contributed by atoms with Crippen LogP contribution >= 0.6 is 0 Å². The summed E-state index contributed by atoms with van der Waals surface area (Å²) in [6.45, 7) is 3.60. The molecule has 0 spiro atoms. The van der Waals surface area contributed by atoms with Crippen molar-refractivity contribution >= 4 is 17.4 Å². The zero-order chi connectivity index (χ0) is 23.4. The molecule has 33 heavy (non-hydrogen) atoms. The highest BCUT2D eigenvalue weighted by Gasteiger charge is 2.11. The van der Waals surface area contributed by atoms with Gasteiger partial charge in [0.05, 0.1) is 5.69 Å². The fourth-order valence-electron chi connectivity index (χ4n) is 3.13. The molecule has 2 aromatic carbocycles. The first-order valence-electron chi connectivity index (χ1n) is 10.3. The monoisotopic (exact) mass is 451 g/mol. The Hall–Kier alpha value is -4.21. The number of carbonyl (C=O) groups is 1. The second-order valence-corrected chi connectivity index (χ2v) is 7.50. The van der Waals surface area contributed by atoms with E-state index in [1.54, 1.807) is 41.3 Å². The largest absolute Gasteiger partial charge is 0.487 e. The van der Waals surface area contributed by atoms with E-state index in [-0.39, 0.29) is 30.6 Å². The predicted octanol–water partition coefficient (Wildman–Crippen LogP) is 3.21. The molecule has 2 aromatic heterocycles. The molecule has 170 valence electrons. The molecular formula is C23H22FN5O4. The Morgan fingerprint density at radius 3 is 2.73 bits per heavy atom. The number of halogens is 1. The van der Waals surface area contributed by atoms with Crippen LogP contribution in [0.4, 0.5) is 10.1 Å². The number of nitrogens with zero attached hydrogens (tertiary/aromatic N) is 4. The molecule has 2 heterocycles. The molecule has 1 N–H and O–H groups in total. The molecule has 4 rings (SSSR count). The molecule has 0 saturated carbocycles. The number of aromatic nitrogens is 4. The van der Waals surface area contributed by atoms with Crippen LogP contribution in [0.15, 0.2) is 65.7 Å². The Balaban J connectivity index is 1.38. The molecule has 0 atom stereocenters. The minimum Gasteiger partial charge on any atom is -0.487 e. The molecular weight excluding hydrogens is 429 g/mol. The standard InChI is InChI=1S/C23H22FN5O4/c1-15(2)28-14-25-23-27-17(11-22(31)29(23)28)12-32-18-7-5-6-16(10-18)26-21(30)13-33-20-9-4-3-8-19(20)24/h3-11,14-15H,12-13H2,1-2H3,(H,26,30). The van der Waals surface area contributed by atoms with Gasteiger partial charge in [0.25, 0.3) is 17.2 Å². The Kier molecular flexibility index (Phi) is 6.34. The number of fused-ring (bicyclic) bond motifs is 1. The number of ether oxygens (including phenoxy) is 2. The zero-order valence-corrected chi connectivity index (χ0v) is 18.1. The van der Waals surface area contributed by atoms with E-state index in [1.165, 1.54) is 28.8 Å². The van der Waals surface area contributed by atoms with Gasteiger partial charge < -0.3 is 14.8 Å². The normalized spacial score (nSPS) is 11.0. The Labute approximate surface area is 188 Å². The molecule has 4 aromatic rings. The van der Waals surface area contributed by atoms with Gasteiger partial charge in [-0.05, 0) is 38.1 Å². The minimum absolute atomic E-state index is 0.00309. The van der Waals surface area contributed by atoms with Gasteiger partial charge in [0.15, 0.2) is 18.2 Å². The maximum atomic E-state index is 13.6. The van der Waals surface area contributed by atoms with Crippen LogP contribution in [-0.4, -0.2) is 31.7 Å². The van der Waals surface area contributed by atoms with E-state index < -0.39 is 11.7 Å². The summed E-state index contributed by atoms with van der Waals surface area (Å²) in [6, 6.07) is 14.0. The number of para-hydroxylation sites is 1. The van der Waals surface area contributed by atoms with Crippen LogP contribution in [0.2, 0.25) is 0 Å². The van der Waals surface area contributed by atoms with Gasteiger partial charge in [-0.1, -0.05) is 18.2 Å². The van der Waals surface area contributed by atoms with Crippen LogP contribution in [0.3, 0.4) is 0 Å². The fraction of sp³-hybridized carbons (Fsp3) is 0.217. The molecule has 10 heteroatoms. The summed E-state index contributed by atoms with van der Waals surface area (Å²) in [5, 5.41) is 2.67. The third-order valence-electron chi connectivity index (χ3n) is 4.68. The van der Waals surface area contributed by atoms with Crippen molar-refractivity contribution in [3.63, 3.8) is 0 Å². The lowest BCUT2D eigenvalue weighted by molar-refractivity contribution is -0.118. The van der Waals surface area contributed by atoms with E-state index in [4.69, 9.17) is 9.47 Å². The van der Waals surface area contributed by atoms with Crippen molar-refractivity contribution in [3.05, 3.63) is 82.8 Å². The highest BCUT2D eigenvalue weighted by Crippen LogP contribution is 2.19. The Morgan fingerprint density at radius 2 is 1.94 bits per heavy atom. The summed E-state index contributed by atoms with van der Waals surface area (Å²) in [5.74, 6) is -0.217. The van der Waals surface area contributed by atoms with Crippen molar-refractivity contribution in [2.24, 2.45) is 0 Å². The number of nitrogens with one attached hydrogen (secondary N) is 1. The molecule has 0 saturated heterocycles. The number of carbonyl (C=O) groups excluding carboxylic acids is 1. The number of amides is 1. The molecule has 9 nitrogen and oxygen atoms in total. The SMILES string of the molecule is CC(C)n1cnc2nc(COc3cccc(NC(=O)COc4ccccc4F)c3)cc(=O)n21. The number of anilines is 1. The summed E-state index contributed by atoms with van der Waals surface area (Å²) in [7, 11) is 0. The lowest BCUT2D eigenvalue weighted by atomic mass is 10.3. The molecule has 1 amide bonds. The van der Waals surface area contributed by atoms with Gasteiger partial charge in [0.2, 0.25) is 0 Å². The van der Waals surface area contributed by atoms with Crippen molar-refractivity contribution in [1.29, 1.82) is 0 Å². The number of hydrogen-bond acceptors (Lipinski definition) is 6. The van der Waals surface area contributed by atoms with Crippen LogP contribution < -0.4 is 20.3 Å². The van der Waals surface area contributed by atoms with E-state index >= 15 is 0 Å². The number of hydrogen-bond donors (Lipinski definition) is 1. The molecule has 0 radical (unpaired) electrons. The third-order valence-corrected chi connectivity index (χ3v) is 4.68. The average molecular weight is 451 g/mol. The summed E-state index contributed by atoms with van der Waals surface area (Å²) in [4.78, 5) is 33.2. The highest BCUT2D eigenvalue weighted by molar-refractivity contribution is 5.92. The van der Waals surface area contributed by atoms with E-state index in [0.717, 1.165) is 0 Å². The summed E-state index contributed by atoms with van der Waals surface area (Å²) < 4.78 is 27.6. The quantitative estimate of drug-likeness (QED) is 0.442. The van der Waals surface area contributed by atoms with Crippen LogP contribution in [0.25, 0.3) is 5.78 Å². The average Bonchev–Trinajstić information content (AvgIpc) is 3.22. The summed E-state index contributed by atoms with van der Waals surface area (Å²) >= 11 is 0. The third kappa shape index (κ3) is 5.17. The molecule has 0 unspecified atom stereocenters. The van der Waals surface area contributed by atoms with Crippen molar-refractivity contribution in [1.82, 2.24) is 19.2 Å². The fourth-order valence-corrected chi connectivity index (χ4v) is 3.13. The second kappa shape index (κ2) is 9.51. The van der Waals surface area contributed by atoms with Crippen molar-refractivity contribution in [2.75, 3.05) is 11.9 Å². The first-order chi connectivity index (χ1) is 15.9. The van der Waals surface area contributed by atoms with Crippen molar-refractivity contribution < 1.29 is 18.7 Å². The van der Waals surface area contributed by atoms with Crippen molar-refractivity contribution in [3.8, 4) is 11.5 Å². The smallest absolute Gasteiger partial charge is 0.274 e. The van der Waals surface area contributed by atoms with Gasteiger partial charge in [-0.2, -0.15) is 9.50 Å². The lowest BCUT2D eigenvalue weighted by Gasteiger charge is -2.11. The van der Waals surface area contributed by atoms with Gasteiger partial charge in [-0.15, -0.1) is 0 Å². The molecule has 0 aliphatic carbocycles. The molecule has 0 bridgehead atoms. The summed E-state index contributed by atoms with van der Waals surface area (Å²) in [6.07, 6.45) is 1.57. The van der Waals surface area contributed by atoms with E-state index in [2.05, 4.69) is 15.3 Å². The van der Waals surface area contributed by atoms with E-state index in [0.29, 0.717) is 22.9 Å². The van der Waals surface area contributed by atoms with Gasteiger partial charge in [-0.3, -0.25) is 14.3 Å². The van der Waals surface area contributed by atoms with Crippen LogP contribution in [0.5, 0.6) is 11.5 Å². The van der Waals surface area contributed by atoms with Crippen LogP contribution in [0.1, 0.15) is 25.6 Å². The number of benzene rings is 2. The first kappa shape index (κ1) is 22.0. The van der Waals surface area contributed by atoms with Gasteiger partial charge >= 0.3 is 0 Å². The minimum atomic E-state index is -0.539. The van der Waals surface area contributed by atoms with Gasteiger partial charge in [0, 0.05) is 23.9 Å². The Morgan fingerprint density at radius 1 is 1.12 bits per heavy atom. The topological polar surface area (TPSA) is 99.8 Å². The maximum Gasteiger partial charge on any atom is 0.274 e. The molecule has 0 aliphatic heterocycles.